The fraction of sp³-hybridized carbons (Fsp3) is 0.333. The van der Waals surface area contributed by atoms with E-state index in [9.17, 15) is 4.79 Å². The number of hydrogen-bond donors (Lipinski definition) is 1. The number of morpholine rings is 1. The first-order chi connectivity index (χ1) is 13.3. The Morgan fingerprint density at radius 2 is 1.96 bits per heavy atom. The Morgan fingerprint density at radius 3 is 2.74 bits per heavy atom. The summed E-state index contributed by atoms with van der Waals surface area (Å²) in [6.07, 6.45) is 4.95. The van der Waals surface area contributed by atoms with Gasteiger partial charge < -0.3 is 9.57 Å². The smallest absolute Gasteiger partial charge is 0.372 e. The number of hydroxylamine groups is 2. The number of ether oxygens (including phenoxy) is 1. The largest absolute Gasteiger partial charge is 0.440 e. The third-order valence-electron chi connectivity index (χ3n) is 4.79. The number of rotatable bonds is 3. The zero-order chi connectivity index (χ0) is 18.2. The number of H-pyrrole nitrogens is 1. The Morgan fingerprint density at radius 1 is 1.19 bits per heavy atom. The Bertz CT molecular complexity index is 950. The molecular weight excluding hydrogens is 348 g/mol. The van der Waals surface area contributed by atoms with Crippen LogP contribution in [0.5, 0.6) is 0 Å². The SMILES string of the molecule is O=C(ON1CC2CCC(C1)O2)N(c1ccccc1)c1ncc2cn[nH]c2n1. The highest BCUT2D eigenvalue weighted by molar-refractivity contribution is 5.94. The molecule has 9 heteroatoms. The van der Waals surface area contributed by atoms with Gasteiger partial charge in [0.2, 0.25) is 5.95 Å². The van der Waals surface area contributed by atoms with Crippen molar-refractivity contribution < 1.29 is 14.4 Å². The minimum absolute atomic E-state index is 0.124. The molecule has 138 valence electrons. The van der Waals surface area contributed by atoms with Crippen LogP contribution in [0, 0.1) is 0 Å². The van der Waals surface area contributed by atoms with Crippen molar-refractivity contribution in [3.05, 3.63) is 42.7 Å². The van der Waals surface area contributed by atoms with Crippen molar-refractivity contribution >= 4 is 28.8 Å². The third-order valence-corrected chi connectivity index (χ3v) is 4.79. The van der Waals surface area contributed by atoms with E-state index in [4.69, 9.17) is 9.57 Å². The summed E-state index contributed by atoms with van der Waals surface area (Å²) in [6.45, 7) is 1.15. The van der Waals surface area contributed by atoms with E-state index >= 15 is 0 Å². The summed E-state index contributed by atoms with van der Waals surface area (Å²) in [5.74, 6) is 0.221. The molecule has 3 aromatic rings. The van der Waals surface area contributed by atoms with Crippen LogP contribution in [0.1, 0.15) is 12.8 Å². The van der Waals surface area contributed by atoms with E-state index in [1.807, 2.05) is 30.3 Å². The number of hydrogen-bond acceptors (Lipinski definition) is 7. The molecule has 2 aliphatic heterocycles. The molecule has 9 nitrogen and oxygen atoms in total. The summed E-state index contributed by atoms with van der Waals surface area (Å²) in [6, 6.07) is 9.19. The molecule has 4 heterocycles. The van der Waals surface area contributed by atoms with Crippen molar-refractivity contribution in [3.8, 4) is 0 Å². The van der Waals surface area contributed by atoms with Crippen LogP contribution >= 0.6 is 0 Å². The molecular formula is C18H18N6O3. The molecule has 0 saturated carbocycles. The lowest BCUT2D eigenvalue weighted by Crippen LogP contribution is -2.45. The van der Waals surface area contributed by atoms with Crippen LogP contribution in [0.4, 0.5) is 16.4 Å². The number of nitrogens with zero attached hydrogens (tertiary/aromatic N) is 5. The average molecular weight is 366 g/mol. The number of anilines is 2. The number of amides is 1. The maximum atomic E-state index is 13.0. The molecule has 27 heavy (non-hydrogen) atoms. The summed E-state index contributed by atoms with van der Waals surface area (Å²) in [5.41, 5.74) is 1.18. The molecule has 1 amide bonds. The monoisotopic (exact) mass is 366 g/mol. The van der Waals surface area contributed by atoms with Crippen LogP contribution < -0.4 is 4.90 Å². The van der Waals surface area contributed by atoms with Crippen molar-refractivity contribution in [2.24, 2.45) is 0 Å². The second-order valence-corrected chi connectivity index (χ2v) is 6.68. The van der Waals surface area contributed by atoms with Crippen molar-refractivity contribution in [1.29, 1.82) is 0 Å². The molecule has 1 N–H and O–H groups in total. The van der Waals surface area contributed by atoms with Gasteiger partial charge in [-0.25, -0.2) is 14.7 Å². The first-order valence-corrected chi connectivity index (χ1v) is 8.90. The van der Waals surface area contributed by atoms with Gasteiger partial charge in [-0.2, -0.15) is 10.1 Å². The summed E-state index contributed by atoms with van der Waals surface area (Å²) < 4.78 is 5.80. The van der Waals surface area contributed by atoms with Gasteiger partial charge in [0, 0.05) is 6.20 Å². The van der Waals surface area contributed by atoms with Crippen molar-refractivity contribution in [1.82, 2.24) is 25.2 Å². The molecule has 2 saturated heterocycles. The zero-order valence-corrected chi connectivity index (χ0v) is 14.5. The molecule has 2 aromatic heterocycles. The van der Waals surface area contributed by atoms with Crippen LogP contribution in [0.25, 0.3) is 11.0 Å². The van der Waals surface area contributed by atoms with Gasteiger partial charge in [-0.3, -0.25) is 5.10 Å². The minimum Gasteiger partial charge on any atom is -0.372 e. The predicted octanol–water partition coefficient (Wildman–Crippen LogP) is 2.41. The van der Waals surface area contributed by atoms with Gasteiger partial charge in [0.25, 0.3) is 0 Å². The van der Waals surface area contributed by atoms with E-state index in [0.29, 0.717) is 24.4 Å². The molecule has 0 spiro atoms. The quantitative estimate of drug-likeness (QED) is 0.760. The first kappa shape index (κ1) is 16.2. The van der Waals surface area contributed by atoms with E-state index in [0.717, 1.165) is 18.2 Å². The second kappa shape index (κ2) is 6.60. The van der Waals surface area contributed by atoms with E-state index in [-0.39, 0.29) is 18.2 Å². The van der Waals surface area contributed by atoms with Gasteiger partial charge >= 0.3 is 6.09 Å². The second-order valence-electron chi connectivity index (χ2n) is 6.68. The number of fused-ring (bicyclic) bond motifs is 3. The molecule has 2 unspecified atom stereocenters. The summed E-state index contributed by atoms with van der Waals surface area (Å²) in [7, 11) is 0. The normalized spacial score (nSPS) is 22.1. The number of aromatic nitrogens is 4. The minimum atomic E-state index is -0.554. The first-order valence-electron chi connectivity index (χ1n) is 8.90. The van der Waals surface area contributed by atoms with Crippen LogP contribution in [-0.4, -0.2) is 56.6 Å². The van der Waals surface area contributed by atoms with Crippen molar-refractivity contribution in [2.45, 2.75) is 25.0 Å². The maximum absolute atomic E-state index is 13.0. The zero-order valence-electron chi connectivity index (χ0n) is 14.5. The van der Waals surface area contributed by atoms with Crippen LogP contribution in [0.2, 0.25) is 0 Å². The van der Waals surface area contributed by atoms with Crippen LogP contribution in [-0.2, 0) is 9.57 Å². The number of carbonyl (C=O) groups excluding carboxylic acids is 1. The van der Waals surface area contributed by atoms with E-state index < -0.39 is 6.09 Å². The van der Waals surface area contributed by atoms with Gasteiger partial charge in [0.1, 0.15) is 0 Å². The number of carbonyl (C=O) groups is 1. The number of nitrogens with one attached hydrogen (secondary N) is 1. The maximum Gasteiger partial charge on any atom is 0.440 e. The Hall–Kier alpha value is -3.04. The molecule has 2 atom stereocenters. The van der Waals surface area contributed by atoms with Crippen LogP contribution in [0.15, 0.2) is 42.7 Å². The van der Waals surface area contributed by atoms with Crippen molar-refractivity contribution in [2.75, 3.05) is 18.0 Å². The van der Waals surface area contributed by atoms with E-state index in [1.165, 1.54) is 4.90 Å². The van der Waals surface area contributed by atoms with Gasteiger partial charge in [-0.1, -0.05) is 18.2 Å². The highest BCUT2D eigenvalue weighted by Gasteiger charge is 2.36. The molecule has 2 fully saturated rings. The van der Waals surface area contributed by atoms with Gasteiger partial charge in [-0.05, 0) is 25.0 Å². The highest BCUT2D eigenvalue weighted by Crippen LogP contribution is 2.28. The summed E-state index contributed by atoms with van der Waals surface area (Å²) >= 11 is 0. The Labute approximate surface area is 154 Å². The summed E-state index contributed by atoms with van der Waals surface area (Å²) in [4.78, 5) is 28.8. The average Bonchev–Trinajstić information content (AvgIpc) is 3.28. The third kappa shape index (κ3) is 3.11. The molecule has 1 aromatic carbocycles. The lowest BCUT2D eigenvalue weighted by Gasteiger charge is -2.31. The van der Waals surface area contributed by atoms with E-state index in [1.54, 1.807) is 17.5 Å². The van der Waals surface area contributed by atoms with Gasteiger partial charge in [-0.15, -0.1) is 5.06 Å². The Kier molecular flexibility index (Phi) is 3.95. The van der Waals surface area contributed by atoms with Crippen LogP contribution in [0.3, 0.4) is 0 Å². The Balaban J connectivity index is 1.45. The lowest BCUT2D eigenvalue weighted by molar-refractivity contribution is -0.173. The highest BCUT2D eigenvalue weighted by atomic mass is 16.7. The van der Waals surface area contributed by atoms with Crippen molar-refractivity contribution in [3.63, 3.8) is 0 Å². The molecule has 0 radical (unpaired) electrons. The summed E-state index contributed by atoms with van der Waals surface area (Å²) in [5, 5.41) is 9.20. The molecule has 2 bridgehead atoms. The number of benzene rings is 1. The van der Waals surface area contributed by atoms with E-state index in [2.05, 4.69) is 20.2 Å². The topological polar surface area (TPSA) is 96.5 Å². The van der Waals surface area contributed by atoms with Gasteiger partial charge in [0.15, 0.2) is 5.65 Å². The predicted molar refractivity (Wildman–Crippen MR) is 96.2 cm³/mol. The number of para-hydroxylation sites is 1. The van der Waals surface area contributed by atoms with Gasteiger partial charge in [0.05, 0.1) is 42.6 Å². The molecule has 0 aliphatic carbocycles. The molecule has 2 aliphatic rings. The number of aromatic amines is 1. The standard InChI is InChI=1S/C18H18N6O3/c25-18(27-23-10-14-6-7-15(11-23)26-14)24(13-4-2-1-3-5-13)17-19-8-12-9-20-22-16(12)21-17/h1-5,8-9,14-15H,6-7,10-11H2,(H,19,20,21,22). The molecule has 5 rings (SSSR count). The fourth-order valence-electron chi connectivity index (χ4n) is 3.52. The lowest BCUT2D eigenvalue weighted by atomic mass is 10.2. The fourth-order valence-corrected chi connectivity index (χ4v) is 3.52.